The van der Waals surface area contributed by atoms with Crippen molar-refractivity contribution >= 4 is 21.6 Å². The third-order valence-corrected chi connectivity index (χ3v) is 8.47. The van der Waals surface area contributed by atoms with Crippen molar-refractivity contribution in [2.75, 3.05) is 11.4 Å². The molecule has 1 atom stereocenters. The lowest BCUT2D eigenvalue weighted by molar-refractivity contribution is 0.0227. The molecule has 0 spiro atoms. The van der Waals surface area contributed by atoms with Gasteiger partial charge in [-0.05, 0) is 43.2 Å². The zero-order valence-electron chi connectivity index (χ0n) is 19.7. The van der Waals surface area contributed by atoms with Gasteiger partial charge >= 0.3 is 0 Å². The van der Waals surface area contributed by atoms with Crippen molar-refractivity contribution in [1.29, 1.82) is 0 Å². The molecule has 6 nitrogen and oxygen atoms in total. The Bertz CT molecular complexity index is 1270. The minimum absolute atomic E-state index is 0.168. The van der Waals surface area contributed by atoms with Gasteiger partial charge in [0.2, 0.25) is 0 Å². The van der Waals surface area contributed by atoms with Crippen molar-refractivity contribution in [2.45, 2.75) is 49.6 Å². The topological polar surface area (TPSA) is 75.7 Å². The molecule has 1 aliphatic rings. The second-order valence-electron chi connectivity index (χ2n) is 8.56. The normalized spacial score (nSPS) is 16.7. The van der Waals surface area contributed by atoms with Crippen molar-refractivity contribution in [3.63, 3.8) is 0 Å². The first-order chi connectivity index (χ1) is 16.3. The van der Waals surface area contributed by atoms with Gasteiger partial charge in [0, 0.05) is 19.0 Å². The number of sulfonamides is 1. The third-order valence-electron chi connectivity index (χ3n) is 6.68. The summed E-state index contributed by atoms with van der Waals surface area (Å²) in [4.78, 5) is 13.7. The van der Waals surface area contributed by atoms with Crippen molar-refractivity contribution in [3.05, 3.63) is 90.0 Å². The molecule has 0 radical (unpaired) electrons. The molecule has 0 fully saturated rings. The lowest BCUT2D eigenvalue weighted by atomic mass is 9.83. The average molecular weight is 479 g/mol. The summed E-state index contributed by atoms with van der Waals surface area (Å²) in [6.45, 7) is 4.18. The number of rotatable bonds is 7. The number of anilines is 1. The highest BCUT2D eigenvalue weighted by molar-refractivity contribution is 7.92. The van der Waals surface area contributed by atoms with Gasteiger partial charge in [0.1, 0.15) is 11.4 Å². The molecule has 3 aromatic carbocycles. The van der Waals surface area contributed by atoms with Crippen molar-refractivity contribution in [3.8, 4) is 5.75 Å². The zero-order chi connectivity index (χ0) is 24.3. The van der Waals surface area contributed by atoms with Crippen LogP contribution in [-0.2, 0) is 10.0 Å². The standard InChI is InChI=1S/C27H30N2O4S/c1-4-27(5-2)19-23(21-15-10-12-18-25(21)33-27)28-26(30)22-16-9-11-17-24(22)29(3)34(31,32)20-13-7-6-8-14-20/h6-18,23H,4-5,19H2,1-3H3,(H,28,30). The Balaban J connectivity index is 1.67. The van der Waals surface area contributed by atoms with E-state index < -0.39 is 10.0 Å². The van der Waals surface area contributed by atoms with Gasteiger partial charge in [0.25, 0.3) is 15.9 Å². The summed E-state index contributed by atoms with van der Waals surface area (Å²) < 4.78 is 33.9. The van der Waals surface area contributed by atoms with Gasteiger partial charge in [0.05, 0.1) is 22.2 Å². The van der Waals surface area contributed by atoms with Crippen molar-refractivity contribution < 1.29 is 17.9 Å². The van der Waals surface area contributed by atoms with E-state index >= 15 is 0 Å². The van der Waals surface area contributed by atoms with E-state index in [2.05, 4.69) is 19.2 Å². The lowest BCUT2D eigenvalue weighted by Gasteiger charge is -2.41. The number of hydrogen-bond acceptors (Lipinski definition) is 4. The molecule has 1 amide bonds. The largest absolute Gasteiger partial charge is 0.487 e. The fraction of sp³-hybridized carbons (Fsp3) is 0.296. The summed E-state index contributed by atoms with van der Waals surface area (Å²) in [5.41, 5.74) is 1.18. The van der Waals surface area contributed by atoms with Gasteiger partial charge < -0.3 is 10.1 Å². The number of fused-ring (bicyclic) bond motifs is 1. The monoisotopic (exact) mass is 478 g/mol. The fourth-order valence-corrected chi connectivity index (χ4v) is 5.72. The smallest absolute Gasteiger partial charge is 0.264 e. The molecule has 0 bridgehead atoms. The summed E-state index contributed by atoms with van der Waals surface area (Å²) in [6, 6.07) is 22.5. The van der Waals surface area contributed by atoms with Gasteiger partial charge in [-0.1, -0.05) is 62.4 Å². The van der Waals surface area contributed by atoms with Crippen LogP contribution in [0.4, 0.5) is 5.69 Å². The first-order valence-corrected chi connectivity index (χ1v) is 13.0. The minimum Gasteiger partial charge on any atom is -0.487 e. The van der Waals surface area contributed by atoms with Gasteiger partial charge in [-0.25, -0.2) is 8.42 Å². The van der Waals surface area contributed by atoms with Crippen LogP contribution in [0.3, 0.4) is 0 Å². The van der Waals surface area contributed by atoms with E-state index in [0.29, 0.717) is 17.7 Å². The Hall–Kier alpha value is -3.32. The molecule has 1 heterocycles. The predicted octanol–water partition coefficient (Wildman–Crippen LogP) is 5.32. The summed E-state index contributed by atoms with van der Waals surface area (Å²) in [5.74, 6) is 0.452. The Labute approximate surface area is 201 Å². The van der Waals surface area contributed by atoms with E-state index in [1.807, 2.05) is 24.3 Å². The number of carbonyl (C=O) groups is 1. The second kappa shape index (κ2) is 9.50. The van der Waals surface area contributed by atoms with Crippen LogP contribution in [0.2, 0.25) is 0 Å². The van der Waals surface area contributed by atoms with Crippen molar-refractivity contribution in [1.82, 2.24) is 5.32 Å². The number of hydrogen-bond donors (Lipinski definition) is 1. The first-order valence-electron chi connectivity index (χ1n) is 11.5. The SMILES string of the molecule is CCC1(CC)CC(NC(=O)c2ccccc2N(C)S(=O)(=O)c2ccccc2)c2ccccc2O1. The van der Waals surface area contributed by atoms with Crippen LogP contribution in [0.25, 0.3) is 0 Å². The molecule has 4 rings (SSSR count). The first kappa shape index (κ1) is 23.8. The number of carbonyl (C=O) groups excluding carboxylic acids is 1. The van der Waals surface area contributed by atoms with Crippen LogP contribution in [0.15, 0.2) is 83.8 Å². The van der Waals surface area contributed by atoms with E-state index in [4.69, 9.17) is 4.74 Å². The van der Waals surface area contributed by atoms with Crippen LogP contribution in [-0.4, -0.2) is 27.0 Å². The number of benzene rings is 3. The fourth-order valence-electron chi connectivity index (χ4n) is 4.49. The molecular formula is C27H30N2O4S. The molecule has 0 aliphatic carbocycles. The van der Waals surface area contributed by atoms with Crippen LogP contribution in [0.1, 0.15) is 55.1 Å². The minimum atomic E-state index is -3.82. The molecule has 1 N–H and O–H groups in total. The number of amides is 1. The van der Waals surface area contributed by atoms with Gasteiger partial charge in [-0.3, -0.25) is 9.10 Å². The van der Waals surface area contributed by atoms with Gasteiger partial charge in [0.15, 0.2) is 0 Å². The van der Waals surface area contributed by atoms with E-state index in [-0.39, 0.29) is 22.4 Å². The third kappa shape index (κ3) is 4.40. The summed E-state index contributed by atoms with van der Waals surface area (Å²) in [5, 5.41) is 3.16. The number of ether oxygens (including phenoxy) is 1. The highest BCUT2D eigenvalue weighted by Gasteiger charge is 2.39. The highest BCUT2D eigenvalue weighted by atomic mass is 32.2. The maximum Gasteiger partial charge on any atom is 0.264 e. The molecule has 0 saturated carbocycles. The molecule has 178 valence electrons. The quantitative estimate of drug-likeness (QED) is 0.498. The number of para-hydroxylation sites is 2. The maximum atomic E-state index is 13.5. The van der Waals surface area contributed by atoms with Crippen LogP contribution < -0.4 is 14.4 Å². The molecule has 0 aromatic heterocycles. The van der Waals surface area contributed by atoms with Crippen LogP contribution >= 0.6 is 0 Å². The number of nitrogens with one attached hydrogen (secondary N) is 1. The van der Waals surface area contributed by atoms with Crippen LogP contribution in [0.5, 0.6) is 5.75 Å². The Morgan fingerprint density at radius 3 is 2.29 bits per heavy atom. The summed E-state index contributed by atoms with van der Waals surface area (Å²) in [6.07, 6.45) is 2.28. The second-order valence-corrected chi connectivity index (χ2v) is 10.5. The van der Waals surface area contributed by atoms with Gasteiger partial charge in [-0.2, -0.15) is 0 Å². The molecule has 1 aliphatic heterocycles. The predicted molar refractivity (Wildman–Crippen MR) is 134 cm³/mol. The maximum absolute atomic E-state index is 13.5. The molecular weight excluding hydrogens is 448 g/mol. The Morgan fingerprint density at radius 2 is 1.59 bits per heavy atom. The molecule has 34 heavy (non-hydrogen) atoms. The molecule has 1 unspecified atom stereocenters. The van der Waals surface area contributed by atoms with E-state index in [0.717, 1.165) is 28.5 Å². The average Bonchev–Trinajstić information content (AvgIpc) is 2.88. The van der Waals surface area contributed by atoms with Crippen molar-refractivity contribution in [2.24, 2.45) is 0 Å². The highest BCUT2D eigenvalue weighted by Crippen LogP contribution is 2.42. The lowest BCUT2D eigenvalue weighted by Crippen LogP contribution is -2.44. The van der Waals surface area contributed by atoms with Crippen LogP contribution in [0, 0.1) is 0 Å². The zero-order valence-corrected chi connectivity index (χ0v) is 20.5. The van der Waals surface area contributed by atoms with E-state index in [1.165, 1.54) is 7.05 Å². The number of nitrogens with zero attached hydrogens (tertiary/aromatic N) is 1. The van der Waals surface area contributed by atoms with Gasteiger partial charge in [-0.15, -0.1) is 0 Å². The summed E-state index contributed by atoms with van der Waals surface area (Å²) in [7, 11) is -2.35. The molecule has 7 heteroatoms. The summed E-state index contributed by atoms with van der Waals surface area (Å²) >= 11 is 0. The molecule has 3 aromatic rings. The Kier molecular flexibility index (Phi) is 6.66. The molecule has 0 saturated heterocycles. The van der Waals surface area contributed by atoms with E-state index in [9.17, 15) is 13.2 Å². The Morgan fingerprint density at radius 1 is 0.971 bits per heavy atom. The van der Waals surface area contributed by atoms with E-state index in [1.54, 1.807) is 54.6 Å².